The molecule has 178 valence electrons. The average molecular weight is 484 g/mol. The second kappa shape index (κ2) is 9.28. The summed E-state index contributed by atoms with van der Waals surface area (Å²) >= 11 is 6.55. The lowest BCUT2D eigenvalue weighted by Gasteiger charge is -2.51. The van der Waals surface area contributed by atoms with Crippen molar-refractivity contribution >= 4 is 45.6 Å². The number of hydrogen-bond donors (Lipinski definition) is 1. The minimum atomic E-state index is -0.446. The van der Waals surface area contributed by atoms with E-state index in [-0.39, 0.29) is 11.6 Å². The van der Waals surface area contributed by atoms with E-state index in [1.165, 1.54) is 55.9 Å². The number of piperazine rings is 3. The highest BCUT2D eigenvalue weighted by atomic mass is 35.5. The highest BCUT2D eigenvalue weighted by Crippen LogP contribution is 2.31. The molecule has 3 aliphatic rings. The van der Waals surface area contributed by atoms with Crippen LogP contribution in [0.1, 0.15) is 6.92 Å². The number of halogens is 1. The third-order valence-electron chi connectivity index (χ3n) is 7.11. The van der Waals surface area contributed by atoms with Gasteiger partial charge in [0.15, 0.2) is 0 Å². The molecule has 0 atom stereocenters. The first-order valence-corrected chi connectivity index (χ1v) is 12.0. The monoisotopic (exact) mass is 483 g/mol. The molecular weight excluding hydrogens is 456 g/mol. The molecule has 0 radical (unpaired) electrons. The molecule has 3 aromatic rings. The highest BCUT2D eigenvalue weighted by Gasteiger charge is 2.38. The Bertz CT molecular complexity index is 1220. The van der Waals surface area contributed by atoms with Crippen LogP contribution in [-0.2, 0) is 0 Å². The summed E-state index contributed by atoms with van der Waals surface area (Å²) in [5, 5.41) is 19.9. The van der Waals surface area contributed by atoms with Gasteiger partial charge in [-0.2, -0.15) is 0 Å². The van der Waals surface area contributed by atoms with Gasteiger partial charge in [0.25, 0.3) is 5.69 Å². The Morgan fingerprint density at radius 3 is 2.62 bits per heavy atom. The Kier molecular flexibility index (Phi) is 6.20. The van der Waals surface area contributed by atoms with E-state index in [2.05, 4.69) is 36.9 Å². The number of likely N-dealkylation sites (N-methyl/N-ethyl adjacent to an activating group) is 1. The number of rotatable bonds is 8. The number of imidazole rings is 1. The number of quaternary nitrogens is 1. The second-order valence-corrected chi connectivity index (χ2v) is 9.42. The summed E-state index contributed by atoms with van der Waals surface area (Å²) in [5.41, 5.74) is 2.73. The van der Waals surface area contributed by atoms with Crippen LogP contribution in [0.25, 0.3) is 11.0 Å². The summed E-state index contributed by atoms with van der Waals surface area (Å²) < 4.78 is 1.23. The van der Waals surface area contributed by atoms with Crippen LogP contribution in [0.3, 0.4) is 0 Å². The molecule has 3 saturated heterocycles. The van der Waals surface area contributed by atoms with Crippen molar-refractivity contribution in [1.82, 2.24) is 14.9 Å². The van der Waals surface area contributed by atoms with Gasteiger partial charge in [0.05, 0.1) is 53.7 Å². The quantitative estimate of drug-likeness (QED) is 0.220. The number of nitro groups is 1. The van der Waals surface area contributed by atoms with E-state index in [0.29, 0.717) is 21.7 Å². The van der Waals surface area contributed by atoms with Gasteiger partial charge in [0, 0.05) is 44.0 Å². The zero-order valence-electron chi connectivity index (χ0n) is 19.2. The van der Waals surface area contributed by atoms with Gasteiger partial charge >= 0.3 is 0 Å². The van der Waals surface area contributed by atoms with Crippen LogP contribution in [0, 0.1) is 10.1 Å². The van der Waals surface area contributed by atoms with Gasteiger partial charge in [0.2, 0.25) is 5.95 Å². The van der Waals surface area contributed by atoms with Crippen LogP contribution in [0.2, 0.25) is 5.02 Å². The number of nitrogens with one attached hydrogen (secondary N) is 1. The fourth-order valence-corrected chi connectivity index (χ4v) is 5.10. The molecule has 6 rings (SSSR count). The van der Waals surface area contributed by atoms with Gasteiger partial charge in [-0.05, 0) is 31.2 Å². The zero-order chi connectivity index (χ0) is 23.7. The van der Waals surface area contributed by atoms with Gasteiger partial charge in [0.1, 0.15) is 5.69 Å². The Labute approximate surface area is 202 Å². The summed E-state index contributed by atoms with van der Waals surface area (Å²) in [6.45, 7) is 12.7. The molecule has 3 aliphatic heterocycles. The normalized spacial score (nSPS) is 22.0. The van der Waals surface area contributed by atoms with Crippen molar-refractivity contribution in [3.05, 3.63) is 51.5 Å². The van der Waals surface area contributed by atoms with Crippen molar-refractivity contribution < 1.29 is 9.41 Å². The average Bonchev–Trinajstić information content (AvgIpc) is 3.27. The van der Waals surface area contributed by atoms with E-state index in [9.17, 15) is 10.1 Å². The van der Waals surface area contributed by atoms with Crippen molar-refractivity contribution in [2.75, 3.05) is 63.8 Å². The van der Waals surface area contributed by atoms with Gasteiger partial charge in [-0.25, -0.2) is 4.98 Å². The summed E-state index contributed by atoms with van der Waals surface area (Å²) in [7, 11) is 0. The molecule has 1 aromatic heterocycles. The smallest absolute Gasteiger partial charge is 0.271 e. The first-order valence-electron chi connectivity index (χ1n) is 11.6. The standard InChI is InChI=1S/C23H28ClN8O2/c1-2-30(10-14-32-11-7-29(8-12-32)9-13-32)17-3-5-20(19(24)15-17)27-28-23-25-21-6-4-18(31(33)34)16-22(21)26-23/h3-6,15-16H,2,7-14H2,1H3,(H,25,26)/q+1. The Morgan fingerprint density at radius 2 is 1.94 bits per heavy atom. The predicted molar refractivity (Wildman–Crippen MR) is 132 cm³/mol. The fourth-order valence-electron chi connectivity index (χ4n) is 4.89. The molecule has 10 nitrogen and oxygen atoms in total. The van der Waals surface area contributed by atoms with Crippen molar-refractivity contribution in [2.24, 2.45) is 10.2 Å². The number of nitro benzene ring substituents is 1. The minimum absolute atomic E-state index is 0.00824. The van der Waals surface area contributed by atoms with Crippen molar-refractivity contribution in [1.29, 1.82) is 0 Å². The maximum absolute atomic E-state index is 11.0. The van der Waals surface area contributed by atoms with Crippen LogP contribution in [0.4, 0.5) is 23.0 Å². The lowest BCUT2D eigenvalue weighted by Crippen LogP contribution is -2.68. The molecule has 34 heavy (non-hydrogen) atoms. The number of nitrogens with zero attached hydrogens (tertiary/aromatic N) is 7. The van der Waals surface area contributed by atoms with Crippen molar-refractivity contribution in [3.8, 4) is 0 Å². The first kappa shape index (κ1) is 22.7. The number of aromatic amines is 1. The van der Waals surface area contributed by atoms with E-state index in [1.54, 1.807) is 6.07 Å². The summed E-state index contributed by atoms with van der Waals surface area (Å²) in [4.78, 5) is 22.7. The lowest BCUT2D eigenvalue weighted by atomic mass is 10.1. The third-order valence-corrected chi connectivity index (χ3v) is 7.41. The molecule has 1 N–H and O–H groups in total. The van der Waals surface area contributed by atoms with E-state index < -0.39 is 4.92 Å². The molecule has 4 heterocycles. The summed E-state index contributed by atoms with van der Waals surface area (Å²) in [6, 6.07) is 10.3. The fraction of sp³-hybridized carbons (Fsp3) is 0.435. The second-order valence-electron chi connectivity index (χ2n) is 9.01. The number of H-pyrrole nitrogens is 1. The largest absolute Gasteiger partial charge is 0.366 e. The molecule has 0 spiro atoms. The van der Waals surface area contributed by atoms with E-state index in [1.807, 2.05) is 18.2 Å². The van der Waals surface area contributed by atoms with Gasteiger partial charge in [-0.3, -0.25) is 15.0 Å². The van der Waals surface area contributed by atoms with Crippen LogP contribution < -0.4 is 4.90 Å². The van der Waals surface area contributed by atoms with E-state index in [4.69, 9.17) is 11.6 Å². The SMILES string of the molecule is CCN(CC[N+]12CCN(CC1)CC2)c1ccc(N=Nc2nc3ccc([N+](=O)[O-])cc3[nH]2)c(Cl)c1. The lowest BCUT2D eigenvalue weighted by molar-refractivity contribution is -0.939. The molecule has 2 bridgehead atoms. The number of hydrogen-bond acceptors (Lipinski definition) is 7. The molecule has 3 fully saturated rings. The topological polar surface area (TPSA) is 103 Å². The van der Waals surface area contributed by atoms with Crippen molar-refractivity contribution in [3.63, 3.8) is 0 Å². The molecule has 0 amide bonds. The number of benzene rings is 2. The van der Waals surface area contributed by atoms with Crippen LogP contribution in [0.15, 0.2) is 46.6 Å². The van der Waals surface area contributed by atoms with E-state index in [0.717, 1.165) is 25.3 Å². The highest BCUT2D eigenvalue weighted by molar-refractivity contribution is 6.33. The van der Waals surface area contributed by atoms with Gasteiger partial charge < -0.3 is 14.4 Å². The Balaban J connectivity index is 1.27. The van der Waals surface area contributed by atoms with Crippen LogP contribution >= 0.6 is 11.6 Å². The maximum atomic E-state index is 11.0. The maximum Gasteiger partial charge on any atom is 0.271 e. The third kappa shape index (κ3) is 4.61. The molecule has 11 heteroatoms. The number of fused-ring (bicyclic) bond motifs is 4. The number of aromatic nitrogens is 2. The minimum Gasteiger partial charge on any atom is -0.366 e. The van der Waals surface area contributed by atoms with E-state index >= 15 is 0 Å². The predicted octanol–water partition coefficient (Wildman–Crippen LogP) is 4.51. The molecular formula is C23H28ClN8O2+. The molecule has 2 aromatic carbocycles. The summed E-state index contributed by atoms with van der Waals surface area (Å²) in [6.07, 6.45) is 0. The molecule has 0 aliphatic carbocycles. The van der Waals surface area contributed by atoms with Crippen LogP contribution in [-0.4, -0.2) is 83.2 Å². The molecule has 0 saturated carbocycles. The number of non-ortho nitro benzene ring substituents is 1. The van der Waals surface area contributed by atoms with Crippen LogP contribution in [0.5, 0.6) is 0 Å². The molecule has 0 unspecified atom stereocenters. The summed E-state index contributed by atoms with van der Waals surface area (Å²) in [5.74, 6) is 0.265. The van der Waals surface area contributed by atoms with Crippen molar-refractivity contribution in [2.45, 2.75) is 6.92 Å². The van der Waals surface area contributed by atoms with Gasteiger partial charge in [-0.1, -0.05) is 11.6 Å². The number of anilines is 1. The first-order chi connectivity index (χ1) is 16.4. The Hall–Kier alpha value is -3.08. The van der Waals surface area contributed by atoms with Gasteiger partial charge in [-0.15, -0.1) is 10.2 Å². The zero-order valence-corrected chi connectivity index (χ0v) is 19.9. The number of azo groups is 1. The Morgan fingerprint density at radius 1 is 1.18 bits per heavy atom.